The third-order valence-corrected chi connectivity index (χ3v) is 4.19. The first-order chi connectivity index (χ1) is 8.67. The van der Waals surface area contributed by atoms with Gasteiger partial charge in [0.2, 0.25) is 0 Å². The molecule has 1 aromatic heterocycles. The molecule has 0 spiro atoms. The van der Waals surface area contributed by atoms with Crippen molar-refractivity contribution in [3.8, 4) is 0 Å². The van der Waals surface area contributed by atoms with Gasteiger partial charge in [-0.25, -0.2) is 0 Å². The van der Waals surface area contributed by atoms with E-state index in [0.29, 0.717) is 12.0 Å². The number of nitrogens with zero attached hydrogens (tertiary/aromatic N) is 3. The second kappa shape index (κ2) is 5.73. The van der Waals surface area contributed by atoms with Gasteiger partial charge < -0.3 is 9.67 Å². The van der Waals surface area contributed by atoms with Gasteiger partial charge in [-0.1, -0.05) is 25.6 Å². The van der Waals surface area contributed by atoms with Crippen LogP contribution in [0.3, 0.4) is 0 Å². The highest BCUT2D eigenvalue weighted by molar-refractivity contribution is 7.99. The molecular weight excluding hydrogens is 250 g/mol. The molecule has 100 valence electrons. The Bertz CT molecular complexity index is 425. The van der Waals surface area contributed by atoms with Gasteiger partial charge >= 0.3 is 5.97 Å². The zero-order valence-corrected chi connectivity index (χ0v) is 11.6. The number of hydrogen-bond acceptors (Lipinski definition) is 4. The first-order valence-corrected chi connectivity index (χ1v) is 7.45. The number of aromatic nitrogens is 3. The fourth-order valence-electron chi connectivity index (χ4n) is 2.13. The van der Waals surface area contributed by atoms with E-state index in [1.807, 2.05) is 0 Å². The van der Waals surface area contributed by atoms with E-state index in [-0.39, 0.29) is 5.75 Å². The molecule has 18 heavy (non-hydrogen) atoms. The summed E-state index contributed by atoms with van der Waals surface area (Å²) < 4.78 is 2.17. The van der Waals surface area contributed by atoms with E-state index in [2.05, 4.69) is 28.6 Å². The third kappa shape index (κ3) is 2.85. The minimum Gasteiger partial charge on any atom is -0.481 e. The molecule has 0 aliphatic heterocycles. The van der Waals surface area contributed by atoms with E-state index in [1.54, 1.807) is 0 Å². The van der Waals surface area contributed by atoms with Crippen molar-refractivity contribution in [3.05, 3.63) is 5.82 Å². The zero-order valence-electron chi connectivity index (χ0n) is 10.8. The van der Waals surface area contributed by atoms with E-state index < -0.39 is 5.97 Å². The van der Waals surface area contributed by atoms with Gasteiger partial charge in [0.15, 0.2) is 5.16 Å². The summed E-state index contributed by atoms with van der Waals surface area (Å²) in [6.45, 7) is 4.30. The van der Waals surface area contributed by atoms with E-state index in [1.165, 1.54) is 24.6 Å². The molecule has 0 amide bonds. The Labute approximate surface area is 111 Å². The summed E-state index contributed by atoms with van der Waals surface area (Å²) in [4.78, 5) is 10.7. The topological polar surface area (TPSA) is 68.0 Å². The van der Waals surface area contributed by atoms with Crippen LogP contribution in [0.15, 0.2) is 5.16 Å². The standard InChI is InChI=1S/C12H19N3O2S/c1-3-9(4-2)15-11(8-5-6-8)13-14-12(15)18-7-10(16)17/h8-9H,3-7H2,1-2H3,(H,16,17). The number of carbonyl (C=O) groups is 1. The Balaban J connectivity index is 2.24. The number of carboxylic acid groups (broad SMARTS) is 1. The van der Waals surface area contributed by atoms with Gasteiger partial charge in [-0.3, -0.25) is 4.79 Å². The van der Waals surface area contributed by atoms with Crippen molar-refractivity contribution >= 4 is 17.7 Å². The minimum absolute atomic E-state index is 0.0446. The highest BCUT2D eigenvalue weighted by Crippen LogP contribution is 2.41. The number of hydrogen-bond donors (Lipinski definition) is 1. The summed E-state index contributed by atoms with van der Waals surface area (Å²) >= 11 is 1.27. The van der Waals surface area contributed by atoms with Crippen LogP contribution in [0.25, 0.3) is 0 Å². The largest absolute Gasteiger partial charge is 0.481 e. The fourth-order valence-corrected chi connectivity index (χ4v) is 2.86. The highest BCUT2D eigenvalue weighted by Gasteiger charge is 2.32. The van der Waals surface area contributed by atoms with Crippen molar-refractivity contribution < 1.29 is 9.90 Å². The average Bonchev–Trinajstić information content (AvgIpc) is 3.11. The van der Waals surface area contributed by atoms with E-state index >= 15 is 0 Å². The molecule has 0 atom stereocenters. The normalized spacial score (nSPS) is 15.3. The maximum Gasteiger partial charge on any atom is 0.313 e. The van der Waals surface area contributed by atoms with Crippen molar-refractivity contribution in [2.24, 2.45) is 0 Å². The lowest BCUT2D eigenvalue weighted by Crippen LogP contribution is -2.12. The Hall–Kier alpha value is -1.04. The molecule has 0 unspecified atom stereocenters. The first-order valence-electron chi connectivity index (χ1n) is 6.46. The van der Waals surface area contributed by atoms with Gasteiger partial charge in [0.1, 0.15) is 5.82 Å². The molecule has 1 N–H and O–H groups in total. The lowest BCUT2D eigenvalue weighted by Gasteiger charge is -2.18. The summed E-state index contributed by atoms with van der Waals surface area (Å²) in [6, 6.07) is 0.381. The monoisotopic (exact) mass is 269 g/mol. The van der Waals surface area contributed by atoms with Crippen molar-refractivity contribution in [2.75, 3.05) is 5.75 Å². The van der Waals surface area contributed by atoms with E-state index in [0.717, 1.165) is 23.8 Å². The van der Waals surface area contributed by atoms with Crippen LogP contribution < -0.4 is 0 Å². The second-order valence-electron chi connectivity index (χ2n) is 4.64. The smallest absolute Gasteiger partial charge is 0.313 e. The number of thioether (sulfide) groups is 1. The summed E-state index contributed by atoms with van der Waals surface area (Å²) in [5, 5.41) is 18.0. The molecule has 0 aromatic carbocycles. The Morgan fingerprint density at radius 1 is 1.44 bits per heavy atom. The summed E-state index contributed by atoms with van der Waals surface area (Å²) in [5.41, 5.74) is 0. The molecular formula is C12H19N3O2S. The van der Waals surface area contributed by atoms with Crippen LogP contribution >= 0.6 is 11.8 Å². The molecule has 0 saturated heterocycles. The molecule has 5 nitrogen and oxygen atoms in total. The minimum atomic E-state index is -0.813. The maximum absolute atomic E-state index is 10.7. The maximum atomic E-state index is 10.7. The van der Waals surface area contributed by atoms with Crippen LogP contribution in [0.4, 0.5) is 0 Å². The Morgan fingerprint density at radius 3 is 2.61 bits per heavy atom. The van der Waals surface area contributed by atoms with Gasteiger partial charge in [0, 0.05) is 12.0 Å². The van der Waals surface area contributed by atoms with Crippen molar-refractivity contribution in [1.82, 2.24) is 14.8 Å². The lowest BCUT2D eigenvalue weighted by atomic mass is 10.1. The first kappa shape index (κ1) is 13.4. The van der Waals surface area contributed by atoms with Crippen LogP contribution in [0, 0.1) is 0 Å². The van der Waals surface area contributed by atoms with Crippen LogP contribution in [-0.2, 0) is 4.79 Å². The molecule has 1 aromatic rings. The SMILES string of the molecule is CCC(CC)n1c(SCC(=O)O)nnc1C1CC1. The van der Waals surface area contributed by atoms with Crippen molar-refractivity contribution in [3.63, 3.8) is 0 Å². The second-order valence-corrected chi connectivity index (χ2v) is 5.58. The average molecular weight is 269 g/mol. The van der Waals surface area contributed by atoms with E-state index in [4.69, 9.17) is 5.11 Å². The quantitative estimate of drug-likeness (QED) is 0.771. The highest BCUT2D eigenvalue weighted by atomic mass is 32.2. The Morgan fingerprint density at radius 2 is 2.11 bits per heavy atom. The van der Waals surface area contributed by atoms with Gasteiger partial charge in [-0.2, -0.15) is 0 Å². The Kier molecular flexibility index (Phi) is 4.27. The van der Waals surface area contributed by atoms with Crippen LogP contribution in [0.1, 0.15) is 57.3 Å². The molecule has 1 fully saturated rings. The summed E-state index contributed by atoms with van der Waals surface area (Å²) in [5.74, 6) is 0.823. The van der Waals surface area contributed by atoms with Crippen molar-refractivity contribution in [1.29, 1.82) is 0 Å². The fraction of sp³-hybridized carbons (Fsp3) is 0.750. The number of rotatable bonds is 7. The van der Waals surface area contributed by atoms with Gasteiger partial charge in [-0.15, -0.1) is 10.2 Å². The predicted octanol–water partition coefficient (Wildman–Crippen LogP) is 2.69. The van der Waals surface area contributed by atoms with E-state index in [9.17, 15) is 4.79 Å². The molecule has 6 heteroatoms. The molecule has 0 radical (unpaired) electrons. The third-order valence-electron chi connectivity index (χ3n) is 3.27. The molecule has 2 rings (SSSR count). The molecule has 1 aliphatic rings. The molecule has 1 saturated carbocycles. The van der Waals surface area contributed by atoms with Gasteiger partial charge in [-0.05, 0) is 25.7 Å². The zero-order chi connectivity index (χ0) is 13.1. The molecule has 1 heterocycles. The van der Waals surface area contributed by atoms with Crippen LogP contribution in [-0.4, -0.2) is 31.6 Å². The number of aliphatic carboxylic acids is 1. The van der Waals surface area contributed by atoms with Crippen LogP contribution in [0.2, 0.25) is 0 Å². The van der Waals surface area contributed by atoms with Crippen molar-refractivity contribution in [2.45, 2.75) is 56.6 Å². The number of carboxylic acids is 1. The lowest BCUT2D eigenvalue weighted by molar-refractivity contribution is -0.133. The summed E-state index contributed by atoms with van der Waals surface area (Å²) in [7, 11) is 0. The summed E-state index contributed by atoms with van der Waals surface area (Å²) in [6.07, 6.45) is 4.41. The van der Waals surface area contributed by atoms with Crippen LogP contribution in [0.5, 0.6) is 0 Å². The van der Waals surface area contributed by atoms with Gasteiger partial charge in [0.05, 0.1) is 5.75 Å². The molecule has 1 aliphatic carbocycles. The molecule has 0 bridgehead atoms. The van der Waals surface area contributed by atoms with Gasteiger partial charge in [0.25, 0.3) is 0 Å². The predicted molar refractivity (Wildman–Crippen MR) is 70.0 cm³/mol.